The van der Waals surface area contributed by atoms with Crippen LogP contribution in [-0.4, -0.2) is 27.6 Å². The van der Waals surface area contributed by atoms with E-state index in [1.165, 1.54) is 12.1 Å². The summed E-state index contributed by atoms with van der Waals surface area (Å²) in [6, 6.07) is 17.8. The first-order valence-corrected chi connectivity index (χ1v) is 12.3. The average Bonchev–Trinajstić information content (AvgIpc) is 2.85. The van der Waals surface area contributed by atoms with Crippen LogP contribution in [0.4, 0.5) is 11.4 Å². The second-order valence-electron chi connectivity index (χ2n) is 9.93. The average molecular weight is 526 g/mol. The Balaban J connectivity index is 1.81. The molecule has 0 aromatic heterocycles. The number of aliphatic hydroxyl groups excluding tert-OH is 1. The van der Waals surface area contributed by atoms with Crippen LogP contribution in [0.3, 0.4) is 0 Å². The van der Waals surface area contributed by atoms with Crippen molar-refractivity contribution < 1.29 is 19.6 Å². The van der Waals surface area contributed by atoms with Gasteiger partial charge in [-0.1, -0.05) is 54.9 Å². The van der Waals surface area contributed by atoms with Crippen molar-refractivity contribution in [1.82, 2.24) is 0 Å². The van der Waals surface area contributed by atoms with Gasteiger partial charge in [-0.3, -0.25) is 14.9 Å². The van der Waals surface area contributed by atoms with Crippen molar-refractivity contribution in [2.45, 2.75) is 57.9 Å². The van der Waals surface area contributed by atoms with Gasteiger partial charge in [-0.15, -0.1) is 0 Å². The van der Waals surface area contributed by atoms with Crippen LogP contribution in [0.2, 0.25) is 5.02 Å². The van der Waals surface area contributed by atoms with E-state index in [1.807, 2.05) is 19.1 Å². The van der Waals surface area contributed by atoms with Crippen LogP contribution in [0.1, 0.15) is 62.0 Å². The molecule has 3 unspecified atom stereocenters. The van der Waals surface area contributed by atoms with Gasteiger partial charge in [0.2, 0.25) is 0 Å². The molecule has 37 heavy (non-hydrogen) atoms. The van der Waals surface area contributed by atoms with E-state index in [-0.39, 0.29) is 11.6 Å². The van der Waals surface area contributed by atoms with E-state index in [0.29, 0.717) is 28.4 Å². The maximum absolute atomic E-state index is 12.5. The predicted molar refractivity (Wildman–Crippen MR) is 145 cm³/mol. The van der Waals surface area contributed by atoms with Crippen LogP contribution in [0, 0.1) is 10.1 Å². The van der Waals surface area contributed by atoms with Gasteiger partial charge in [-0.25, -0.2) is 0 Å². The lowest BCUT2D eigenvalue weighted by Crippen LogP contribution is -2.40. The summed E-state index contributed by atoms with van der Waals surface area (Å²) in [5.41, 5.74) is 9.05. The van der Waals surface area contributed by atoms with Crippen molar-refractivity contribution in [2.24, 2.45) is 5.73 Å². The summed E-state index contributed by atoms with van der Waals surface area (Å²) < 4.78 is 5.43. The Bertz CT molecular complexity index is 1260. The third-order valence-electron chi connectivity index (χ3n) is 5.91. The Labute approximate surface area is 221 Å². The molecular formula is C28H32ClN3O5. The first-order chi connectivity index (χ1) is 17.4. The number of halogens is 1. The normalized spacial score (nSPS) is 13.9. The van der Waals surface area contributed by atoms with Gasteiger partial charge in [0.1, 0.15) is 17.7 Å². The zero-order chi connectivity index (χ0) is 27.3. The fourth-order valence-electron chi connectivity index (χ4n) is 3.83. The number of nitrogens with one attached hydrogen (secondary N) is 1. The molecular weight excluding hydrogens is 494 g/mol. The third-order valence-corrected chi connectivity index (χ3v) is 6.14. The highest BCUT2D eigenvalue weighted by Crippen LogP contribution is 2.33. The van der Waals surface area contributed by atoms with Gasteiger partial charge in [0.05, 0.1) is 4.92 Å². The lowest BCUT2D eigenvalue weighted by molar-refractivity contribution is -0.384. The number of nitro benzene ring substituents is 1. The van der Waals surface area contributed by atoms with Crippen molar-refractivity contribution in [2.75, 3.05) is 5.32 Å². The maximum Gasteiger partial charge on any atom is 0.324 e. The molecule has 0 fully saturated rings. The van der Waals surface area contributed by atoms with Crippen molar-refractivity contribution in [3.8, 4) is 0 Å². The minimum Gasteiger partial charge on any atom is -0.459 e. The quantitative estimate of drug-likeness (QED) is 0.185. The standard InChI is InChI=1S/C28H32ClN3O5/c1-17(25(30)27(34)37-28(2,3)4)19-6-5-7-20(14-19)26(33)23-15-21(29)10-13-24(23)31-16-18-8-11-22(12-9-18)32(35)36/h5-15,17,25-26,31,33H,16,30H2,1-4H3. The minimum absolute atomic E-state index is 0.0202. The molecule has 0 aliphatic heterocycles. The molecule has 3 atom stereocenters. The number of carbonyl (C=O) groups excluding carboxylic acids is 1. The number of benzene rings is 3. The molecule has 8 nitrogen and oxygen atoms in total. The van der Waals surface area contributed by atoms with Gasteiger partial charge >= 0.3 is 5.97 Å². The predicted octanol–water partition coefficient (Wildman–Crippen LogP) is 5.71. The van der Waals surface area contributed by atoms with E-state index >= 15 is 0 Å². The van der Waals surface area contributed by atoms with Gasteiger partial charge in [-0.2, -0.15) is 0 Å². The number of nitrogens with zero attached hydrogens (tertiary/aromatic N) is 1. The molecule has 3 aromatic carbocycles. The van der Waals surface area contributed by atoms with E-state index in [1.54, 1.807) is 63.2 Å². The minimum atomic E-state index is -1.01. The molecule has 0 aliphatic carbocycles. The topological polar surface area (TPSA) is 128 Å². The molecule has 0 aliphatic rings. The van der Waals surface area contributed by atoms with Crippen LogP contribution < -0.4 is 11.1 Å². The zero-order valence-electron chi connectivity index (χ0n) is 21.3. The Morgan fingerprint density at radius 2 is 1.76 bits per heavy atom. The van der Waals surface area contributed by atoms with Crippen LogP contribution in [0.15, 0.2) is 66.7 Å². The van der Waals surface area contributed by atoms with E-state index in [2.05, 4.69) is 5.32 Å². The highest BCUT2D eigenvalue weighted by atomic mass is 35.5. The van der Waals surface area contributed by atoms with Crippen molar-refractivity contribution in [1.29, 1.82) is 0 Å². The molecule has 196 valence electrons. The lowest BCUT2D eigenvalue weighted by Gasteiger charge is -2.25. The molecule has 0 amide bonds. The number of anilines is 1. The number of nitro groups is 1. The van der Waals surface area contributed by atoms with Crippen molar-refractivity contribution in [3.63, 3.8) is 0 Å². The van der Waals surface area contributed by atoms with Crippen LogP contribution in [0.5, 0.6) is 0 Å². The van der Waals surface area contributed by atoms with E-state index < -0.39 is 28.6 Å². The number of ether oxygens (including phenoxy) is 1. The summed E-state index contributed by atoms with van der Waals surface area (Å²) in [6.45, 7) is 7.60. The fraction of sp³-hybridized carbons (Fsp3) is 0.321. The number of rotatable bonds is 9. The molecule has 0 spiro atoms. The summed E-state index contributed by atoms with van der Waals surface area (Å²) in [4.78, 5) is 22.9. The first kappa shape index (κ1) is 28.1. The van der Waals surface area contributed by atoms with E-state index in [9.17, 15) is 20.0 Å². The van der Waals surface area contributed by atoms with Gasteiger partial charge in [0, 0.05) is 40.9 Å². The van der Waals surface area contributed by atoms with E-state index in [4.69, 9.17) is 22.1 Å². The summed E-state index contributed by atoms with van der Waals surface area (Å²) in [7, 11) is 0. The van der Waals surface area contributed by atoms with Crippen LogP contribution in [-0.2, 0) is 16.1 Å². The fourth-order valence-corrected chi connectivity index (χ4v) is 4.01. The highest BCUT2D eigenvalue weighted by Gasteiger charge is 2.28. The summed E-state index contributed by atoms with van der Waals surface area (Å²) in [6.07, 6.45) is -1.01. The van der Waals surface area contributed by atoms with E-state index in [0.717, 1.165) is 11.1 Å². The Morgan fingerprint density at radius 1 is 1.11 bits per heavy atom. The molecule has 0 saturated heterocycles. The van der Waals surface area contributed by atoms with Crippen molar-refractivity contribution in [3.05, 3.63) is 104 Å². The zero-order valence-corrected chi connectivity index (χ0v) is 22.0. The molecule has 0 saturated carbocycles. The second-order valence-corrected chi connectivity index (χ2v) is 10.4. The molecule has 4 N–H and O–H groups in total. The molecule has 3 rings (SSSR count). The number of carbonyl (C=O) groups is 1. The van der Waals surface area contributed by atoms with Gasteiger partial charge < -0.3 is 20.9 Å². The monoisotopic (exact) mass is 525 g/mol. The SMILES string of the molecule is CC(c1cccc(C(O)c2cc(Cl)ccc2NCc2ccc([N+](=O)[O-])cc2)c1)C(N)C(=O)OC(C)(C)C. The number of aliphatic hydroxyl groups is 1. The number of nitrogens with two attached hydrogens (primary N) is 1. The number of non-ortho nitro benzene ring substituents is 1. The largest absolute Gasteiger partial charge is 0.459 e. The molecule has 3 aromatic rings. The summed E-state index contributed by atoms with van der Waals surface area (Å²) in [5.74, 6) is -0.834. The molecule has 0 heterocycles. The van der Waals surface area contributed by atoms with Crippen LogP contribution in [0.25, 0.3) is 0 Å². The first-order valence-electron chi connectivity index (χ1n) is 11.9. The number of hydrogen-bond acceptors (Lipinski definition) is 7. The Hall–Kier alpha value is -3.46. The second kappa shape index (κ2) is 11.7. The molecule has 0 radical (unpaired) electrons. The maximum atomic E-state index is 12.5. The molecule has 0 bridgehead atoms. The van der Waals surface area contributed by atoms with Gasteiger partial charge in [-0.05, 0) is 55.7 Å². The van der Waals surface area contributed by atoms with Crippen molar-refractivity contribution >= 4 is 28.9 Å². The Kier molecular flexibility index (Phi) is 8.91. The highest BCUT2D eigenvalue weighted by molar-refractivity contribution is 6.30. The molecule has 9 heteroatoms. The summed E-state index contributed by atoms with van der Waals surface area (Å²) in [5, 5.41) is 25.9. The lowest BCUT2D eigenvalue weighted by atomic mass is 9.90. The van der Waals surface area contributed by atoms with Gasteiger partial charge in [0.15, 0.2) is 0 Å². The van der Waals surface area contributed by atoms with Gasteiger partial charge in [0.25, 0.3) is 5.69 Å². The number of esters is 1. The Morgan fingerprint density at radius 3 is 2.38 bits per heavy atom. The third kappa shape index (κ3) is 7.52. The van der Waals surface area contributed by atoms with Crippen LogP contribution >= 0.6 is 11.6 Å². The smallest absolute Gasteiger partial charge is 0.324 e. The number of hydrogen-bond donors (Lipinski definition) is 3. The summed E-state index contributed by atoms with van der Waals surface area (Å²) >= 11 is 6.25.